The van der Waals surface area contributed by atoms with E-state index in [1.807, 2.05) is 49.4 Å². The molecule has 32 heavy (non-hydrogen) atoms. The summed E-state index contributed by atoms with van der Waals surface area (Å²) in [6.45, 7) is 2.62. The lowest BCUT2D eigenvalue weighted by Crippen LogP contribution is -2.34. The van der Waals surface area contributed by atoms with Crippen LogP contribution in [0.5, 0.6) is 5.75 Å². The molecule has 0 saturated heterocycles. The van der Waals surface area contributed by atoms with E-state index in [4.69, 9.17) is 33.5 Å². The molecule has 0 aliphatic heterocycles. The maximum absolute atomic E-state index is 12.7. The fraction of sp³-hybridized carbons (Fsp3) is 0.125. The molecule has 0 atom stereocenters. The number of amides is 1. The average molecular weight is 482 g/mol. The van der Waals surface area contributed by atoms with Gasteiger partial charge in [0.05, 0.1) is 22.5 Å². The van der Waals surface area contributed by atoms with Gasteiger partial charge in [-0.25, -0.2) is 4.98 Å². The van der Waals surface area contributed by atoms with Gasteiger partial charge < -0.3 is 10.1 Å². The monoisotopic (exact) mass is 481 g/mol. The first-order valence-electron chi connectivity index (χ1n) is 10.0. The van der Waals surface area contributed by atoms with E-state index in [9.17, 15) is 4.79 Å². The number of benzene rings is 3. The molecule has 1 aromatic heterocycles. The van der Waals surface area contributed by atoms with E-state index in [-0.39, 0.29) is 11.0 Å². The van der Waals surface area contributed by atoms with Crippen molar-refractivity contribution in [2.24, 2.45) is 0 Å². The highest BCUT2D eigenvalue weighted by atomic mass is 35.5. The van der Waals surface area contributed by atoms with Crippen LogP contribution in [-0.4, -0.2) is 22.6 Å². The Labute approximate surface area is 200 Å². The Bertz CT molecular complexity index is 1260. The maximum Gasteiger partial charge on any atom is 0.257 e. The molecule has 0 radical (unpaired) electrons. The fourth-order valence-electron chi connectivity index (χ4n) is 3.07. The predicted molar refractivity (Wildman–Crippen MR) is 136 cm³/mol. The molecule has 1 amide bonds. The number of ether oxygens (including phenoxy) is 1. The van der Waals surface area contributed by atoms with Crippen LogP contribution >= 0.6 is 35.2 Å². The predicted octanol–water partition coefficient (Wildman–Crippen LogP) is 6.53. The Balaban J connectivity index is 1.52. The Morgan fingerprint density at radius 1 is 1.12 bits per heavy atom. The molecule has 4 rings (SSSR count). The first kappa shape index (κ1) is 22.2. The Hall–Kier alpha value is -3.00. The van der Waals surface area contributed by atoms with Crippen molar-refractivity contribution in [3.8, 4) is 16.3 Å². The fourth-order valence-corrected chi connectivity index (χ4v) is 4.44. The second-order valence-electron chi connectivity index (χ2n) is 6.96. The van der Waals surface area contributed by atoms with E-state index in [1.54, 1.807) is 35.6 Å². The van der Waals surface area contributed by atoms with E-state index < -0.39 is 0 Å². The molecule has 4 aromatic rings. The van der Waals surface area contributed by atoms with Gasteiger partial charge in [0, 0.05) is 16.1 Å². The summed E-state index contributed by atoms with van der Waals surface area (Å²) in [7, 11) is 0. The van der Waals surface area contributed by atoms with Crippen molar-refractivity contribution in [1.29, 1.82) is 0 Å². The Kier molecular flexibility index (Phi) is 6.99. The highest BCUT2D eigenvalue weighted by Crippen LogP contribution is 2.36. The van der Waals surface area contributed by atoms with Crippen molar-refractivity contribution < 1.29 is 9.53 Å². The van der Waals surface area contributed by atoms with Gasteiger partial charge in [0.1, 0.15) is 10.8 Å². The lowest BCUT2D eigenvalue weighted by Gasteiger charge is -2.13. The maximum atomic E-state index is 12.7. The molecule has 0 spiro atoms. The van der Waals surface area contributed by atoms with Crippen LogP contribution in [0.15, 0.2) is 66.7 Å². The molecule has 0 unspecified atom stereocenters. The molecule has 162 valence electrons. The lowest BCUT2D eigenvalue weighted by molar-refractivity contribution is 0.0977. The summed E-state index contributed by atoms with van der Waals surface area (Å²) in [6.07, 6.45) is 0.891. The van der Waals surface area contributed by atoms with Crippen LogP contribution in [0, 0.1) is 0 Å². The zero-order valence-electron chi connectivity index (χ0n) is 17.2. The van der Waals surface area contributed by atoms with Gasteiger partial charge in [-0.1, -0.05) is 36.7 Å². The van der Waals surface area contributed by atoms with Crippen LogP contribution in [0.4, 0.5) is 5.69 Å². The van der Waals surface area contributed by atoms with Crippen LogP contribution < -0.4 is 15.4 Å². The molecule has 0 aliphatic carbocycles. The zero-order chi connectivity index (χ0) is 22.5. The third-order valence-electron chi connectivity index (χ3n) is 4.55. The van der Waals surface area contributed by atoms with Crippen LogP contribution in [0.3, 0.4) is 0 Å². The largest absolute Gasteiger partial charge is 0.494 e. The molecular formula is C24H20ClN3O2S2. The van der Waals surface area contributed by atoms with Gasteiger partial charge in [0.25, 0.3) is 5.91 Å². The van der Waals surface area contributed by atoms with Crippen LogP contribution in [0.25, 0.3) is 20.8 Å². The summed E-state index contributed by atoms with van der Waals surface area (Å²) in [5.41, 5.74) is 2.90. The molecule has 0 bridgehead atoms. The van der Waals surface area contributed by atoms with Crippen LogP contribution in [0.1, 0.15) is 23.7 Å². The smallest absolute Gasteiger partial charge is 0.257 e. The van der Waals surface area contributed by atoms with Gasteiger partial charge in [0.2, 0.25) is 0 Å². The molecule has 8 heteroatoms. The number of anilines is 1. The number of rotatable bonds is 6. The zero-order valence-corrected chi connectivity index (χ0v) is 19.6. The standard InChI is InChI=1S/C24H20ClN3O2S2/c1-2-12-30-17-7-5-6-15(13-17)22(29)28-24(31)27-19-11-10-16(25)14-18(19)23-26-20-8-3-4-9-21(20)32-23/h3-11,13-14H,2,12H2,1H3,(H2,27,28,29,31). The van der Waals surface area contributed by atoms with Crippen molar-refractivity contribution in [2.45, 2.75) is 13.3 Å². The number of nitrogens with zero attached hydrogens (tertiary/aromatic N) is 1. The molecule has 5 nitrogen and oxygen atoms in total. The summed E-state index contributed by atoms with van der Waals surface area (Å²) < 4.78 is 6.68. The molecule has 0 fully saturated rings. The molecular weight excluding hydrogens is 462 g/mol. The summed E-state index contributed by atoms with van der Waals surface area (Å²) >= 11 is 13.2. The van der Waals surface area contributed by atoms with Crippen molar-refractivity contribution in [2.75, 3.05) is 11.9 Å². The molecule has 3 aromatic carbocycles. The minimum Gasteiger partial charge on any atom is -0.494 e. The molecule has 1 heterocycles. The number of thiazole rings is 1. The van der Waals surface area contributed by atoms with Gasteiger partial charge in [0.15, 0.2) is 5.11 Å². The van der Waals surface area contributed by atoms with Gasteiger partial charge >= 0.3 is 0 Å². The third-order valence-corrected chi connectivity index (χ3v) is 6.06. The van der Waals surface area contributed by atoms with Crippen molar-refractivity contribution in [3.63, 3.8) is 0 Å². The number of carbonyl (C=O) groups excluding carboxylic acids is 1. The first-order chi connectivity index (χ1) is 15.5. The topological polar surface area (TPSA) is 63.2 Å². The first-order valence-corrected chi connectivity index (χ1v) is 11.6. The SMILES string of the molecule is CCCOc1cccc(C(=O)NC(=S)Nc2ccc(Cl)cc2-c2nc3ccccc3s2)c1. The quantitative estimate of drug-likeness (QED) is 0.306. The van der Waals surface area contributed by atoms with E-state index in [2.05, 4.69) is 10.6 Å². The number of hydrogen-bond donors (Lipinski definition) is 2. The van der Waals surface area contributed by atoms with Crippen molar-refractivity contribution in [3.05, 3.63) is 77.3 Å². The molecule has 2 N–H and O–H groups in total. The van der Waals surface area contributed by atoms with Crippen molar-refractivity contribution in [1.82, 2.24) is 10.3 Å². The number of thiocarbonyl (C=S) groups is 1. The van der Waals surface area contributed by atoms with Gasteiger partial charge in [-0.3, -0.25) is 10.1 Å². The summed E-state index contributed by atoms with van der Waals surface area (Å²) in [5, 5.41) is 7.41. The normalized spacial score (nSPS) is 10.7. The van der Waals surface area contributed by atoms with E-state index >= 15 is 0 Å². The van der Waals surface area contributed by atoms with E-state index in [1.165, 1.54) is 0 Å². The van der Waals surface area contributed by atoms with Gasteiger partial charge in [-0.05, 0) is 67.2 Å². The van der Waals surface area contributed by atoms with E-state index in [0.717, 1.165) is 27.2 Å². The summed E-state index contributed by atoms with van der Waals surface area (Å²) in [4.78, 5) is 17.4. The van der Waals surface area contributed by atoms with Gasteiger partial charge in [-0.15, -0.1) is 11.3 Å². The average Bonchev–Trinajstić information content (AvgIpc) is 3.23. The molecule has 0 aliphatic rings. The van der Waals surface area contributed by atoms with E-state index in [0.29, 0.717) is 28.6 Å². The lowest BCUT2D eigenvalue weighted by atomic mass is 10.2. The Morgan fingerprint density at radius 2 is 1.97 bits per heavy atom. The molecule has 0 saturated carbocycles. The number of para-hydroxylation sites is 1. The second-order valence-corrected chi connectivity index (χ2v) is 8.84. The summed E-state index contributed by atoms with van der Waals surface area (Å²) in [6, 6.07) is 20.4. The van der Waals surface area contributed by atoms with Crippen LogP contribution in [-0.2, 0) is 0 Å². The highest BCUT2D eigenvalue weighted by Gasteiger charge is 2.14. The highest BCUT2D eigenvalue weighted by molar-refractivity contribution is 7.80. The number of nitrogens with one attached hydrogen (secondary N) is 2. The number of halogens is 1. The number of aromatic nitrogens is 1. The minimum atomic E-state index is -0.319. The number of fused-ring (bicyclic) bond motifs is 1. The minimum absolute atomic E-state index is 0.180. The summed E-state index contributed by atoms with van der Waals surface area (Å²) in [5.74, 6) is 0.328. The van der Waals surface area contributed by atoms with Gasteiger partial charge in [-0.2, -0.15) is 0 Å². The number of carbonyl (C=O) groups is 1. The third kappa shape index (κ3) is 5.24. The van der Waals surface area contributed by atoms with Crippen molar-refractivity contribution >= 4 is 62.1 Å². The van der Waals surface area contributed by atoms with Crippen LogP contribution in [0.2, 0.25) is 5.02 Å². The number of hydrogen-bond acceptors (Lipinski definition) is 5. The Morgan fingerprint density at radius 3 is 2.78 bits per heavy atom. The second kappa shape index (κ2) is 10.1.